The molecule has 1 saturated heterocycles. The third-order valence-electron chi connectivity index (χ3n) is 10.5. The molecule has 57 heavy (non-hydrogen) atoms. The number of rotatable bonds is 17. The zero-order valence-corrected chi connectivity index (χ0v) is 34.7. The van der Waals surface area contributed by atoms with E-state index in [9.17, 15) is 0 Å². The van der Waals surface area contributed by atoms with Gasteiger partial charge in [-0.2, -0.15) is 0 Å². The average molecular weight is 789 g/mol. The minimum absolute atomic E-state index is 0.228. The zero-order chi connectivity index (χ0) is 39.9. The summed E-state index contributed by atoms with van der Waals surface area (Å²) in [4.78, 5) is 14.0. The van der Waals surface area contributed by atoms with E-state index in [1.807, 2.05) is 65.2 Å². The van der Waals surface area contributed by atoms with Gasteiger partial charge >= 0.3 is 0 Å². The van der Waals surface area contributed by atoms with Crippen molar-refractivity contribution in [2.24, 2.45) is 0 Å². The van der Waals surface area contributed by atoms with Crippen LogP contribution in [0.25, 0.3) is 11.2 Å². The highest BCUT2D eigenvalue weighted by atomic mass is 31.2. The summed E-state index contributed by atoms with van der Waals surface area (Å²) in [6, 6.07) is 37.3. The van der Waals surface area contributed by atoms with Crippen molar-refractivity contribution >= 4 is 25.3 Å². The Labute approximate surface area is 337 Å². The molecule has 298 valence electrons. The van der Waals surface area contributed by atoms with Crippen LogP contribution in [0, 0.1) is 0 Å². The molecule has 4 atom stereocenters. The summed E-state index contributed by atoms with van der Waals surface area (Å²) in [5, 5.41) is 3.45. The van der Waals surface area contributed by atoms with E-state index in [4.69, 9.17) is 33.4 Å². The topological polar surface area (TPSA) is 105 Å². The van der Waals surface area contributed by atoms with Gasteiger partial charge in [-0.3, -0.25) is 9.24 Å². The predicted octanol–water partition coefficient (Wildman–Crippen LogP) is 9.20. The Hall–Kier alpha value is -4.90. The Morgan fingerprint density at radius 1 is 0.789 bits per heavy atom. The molecule has 1 aliphatic rings. The van der Waals surface area contributed by atoms with Gasteiger partial charge in [0, 0.05) is 25.0 Å². The van der Waals surface area contributed by atoms with Crippen molar-refractivity contribution in [3.63, 3.8) is 0 Å². The van der Waals surface area contributed by atoms with E-state index in [1.165, 1.54) is 0 Å². The number of benzene rings is 4. The second kappa shape index (κ2) is 18.1. The Morgan fingerprint density at radius 3 is 1.95 bits per heavy atom. The third kappa shape index (κ3) is 8.68. The fourth-order valence-corrected chi connectivity index (χ4v) is 9.91. The largest absolute Gasteiger partial charge is 0.497 e. The van der Waals surface area contributed by atoms with Gasteiger partial charge in [0.15, 0.2) is 17.0 Å². The zero-order valence-electron chi connectivity index (χ0n) is 33.8. The number of anilines is 1. The number of nitrogens with zero attached hydrogens (tertiary/aromatic N) is 5. The van der Waals surface area contributed by atoms with Gasteiger partial charge in [0.05, 0.1) is 33.3 Å². The van der Waals surface area contributed by atoms with E-state index in [0.29, 0.717) is 42.0 Å². The van der Waals surface area contributed by atoms with E-state index in [2.05, 4.69) is 97.9 Å². The molecule has 2 aromatic heterocycles. The maximum Gasteiger partial charge on any atom is 0.167 e. The SMILES string of the molecule is COc1ccc(C(OC[C@H]2O[C@@H](n3cnc4c(NCc5ccccc5)ncnc43)C[C@@H]2OP(C)N(C(C)C)C(C)C)(c2ccccc2)c2ccc(OC)cc2)cc1. The normalized spacial score (nSPS) is 17.8. The van der Waals surface area contributed by atoms with E-state index in [1.54, 1.807) is 26.9 Å². The summed E-state index contributed by atoms with van der Waals surface area (Å²) in [7, 11) is 2.37. The molecule has 6 aromatic rings. The summed E-state index contributed by atoms with van der Waals surface area (Å²) < 4.78 is 37.1. The van der Waals surface area contributed by atoms with E-state index in [0.717, 1.165) is 33.8 Å². The van der Waals surface area contributed by atoms with Crippen molar-refractivity contribution in [1.29, 1.82) is 0 Å². The fraction of sp³-hybridized carbons (Fsp3) is 0.356. The minimum atomic E-state index is -1.01. The molecule has 0 radical (unpaired) electrons. The molecule has 7 rings (SSSR count). The second-order valence-electron chi connectivity index (χ2n) is 14.7. The van der Waals surface area contributed by atoms with Gasteiger partial charge in [0.2, 0.25) is 0 Å². The van der Waals surface area contributed by atoms with Crippen molar-refractivity contribution in [1.82, 2.24) is 24.2 Å². The highest BCUT2D eigenvalue weighted by molar-refractivity contribution is 7.49. The second-order valence-corrected chi connectivity index (χ2v) is 16.3. The third-order valence-corrected chi connectivity index (χ3v) is 12.6. The highest BCUT2D eigenvalue weighted by Gasteiger charge is 2.44. The van der Waals surface area contributed by atoms with Crippen LogP contribution in [-0.2, 0) is 26.1 Å². The van der Waals surface area contributed by atoms with Crippen molar-refractivity contribution in [3.05, 3.63) is 144 Å². The van der Waals surface area contributed by atoms with Crippen LogP contribution in [-0.4, -0.2) is 76.0 Å². The fourth-order valence-electron chi connectivity index (χ4n) is 7.88. The molecule has 1 unspecified atom stereocenters. The monoisotopic (exact) mass is 788 g/mol. The summed E-state index contributed by atoms with van der Waals surface area (Å²) in [5.74, 6) is 2.19. The maximum atomic E-state index is 7.38. The first-order valence-electron chi connectivity index (χ1n) is 19.5. The van der Waals surface area contributed by atoms with Gasteiger partial charge in [-0.05, 0) is 80.9 Å². The molecule has 3 heterocycles. The van der Waals surface area contributed by atoms with Crippen molar-refractivity contribution in [2.45, 2.75) is 76.8 Å². The number of hydrogen-bond donors (Lipinski definition) is 1. The van der Waals surface area contributed by atoms with Gasteiger partial charge < -0.3 is 28.8 Å². The highest BCUT2D eigenvalue weighted by Crippen LogP contribution is 2.48. The van der Waals surface area contributed by atoms with Gasteiger partial charge in [-0.1, -0.05) is 84.9 Å². The van der Waals surface area contributed by atoms with Gasteiger partial charge in [0.1, 0.15) is 44.1 Å². The Balaban J connectivity index is 1.25. The number of fused-ring (bicyclic) bond motifs is 1. The summed E-state index contributed by atoms with van der Waals surface area (Å²) >= 11 is 0. The lowest BCUT2D eigenvalue weighted by atomic mass is 9.80. The number of methoxy groups -OCH3 is 2. The Morgan fingerprint density at radius 2 is 1.37 bits per heavy atom. The molecule has 0 amide bonds. The van der Waals surface area contributed by atoms with Crippen LogP contribution in [0.5, 0.6) is 11.5 Å². The molecule has 1 N–H and O–H groups in total. The maximum absolute atomic E-state index is 7.38. The van der Waals surface area contributed by atoms with Crippen LogP contribution < -0.4 is 14.8 Å². The molecule has 4 aromatic carbocycles. The van der Waals surface area contributed by atoms with Crippen LogP contribution >= 0.6 is 8.30 Å². The smallest absolute Gasteiger partial charge is 0.167 e. The summed E-state index contributed by atoms with van der Waals surface area (Å²) in [6.07, 6.45) is 2.81. The Bertz CT molecular complexity index is 2110. The lowest BCUT2D eigenvalue weighted by Gasteiger charge is -2.39. The number of nitrogens with one attached hydrogen (secondary N) is 1. The van der Waals surface area contributed by atoms with Crippen molar-refractivity contribution in [2.75, 3.05) is 32.8 Å². The van der Waals surface area contributed by atoms with E-state index < -0.39 is 26.2 Å². The van der Waals surface area contributed by atoms with E-state index in [-0.39, 0.29) is 12.7 Å². The molecule has 0 aliphatic carbocycles. The predicted molar refractivity (Wildman–Crippen MR) is 226 cm³/mol. The first-order chi connectivity index (χ1) is 27.7. The quantitative estimate of drug-likeness (QED) is 0.0711. The van der Waals surface area contributed by atoms with Crippen LogP contribution in [0.3, 0.4) is 0 Å². The average Bonchev–Trinajstić information content (AvgIpc) is 3.85. The first kappa shape index (κ1) is 40.3. The number of ether oxygens (including phenoxy) is 4. The Kier molecular flexibility index (Phi) is 12.8. The molecule has 0 saturated carbocycles. The van der Waals surface area contributed by atoms with Crippen LogP contribution in [0.4, 0.5) is 5.82 Å². The molecular formula is C45H53N6O5P. The van der Waals surface area contributed by atoms with Crippen molar-refractivity contribution in [3.8, 4) is 11.5 Å². The molecule has 0 bridgehead atoms. The summed E-state index contributed by atoms with van der Waals surface area (Å²) in [5.41, 5.74) is 4.37. The first-order valence-corrected chi connectivity index (χ1v) is 21.2. The van der Waals surface area contributed by atoms with Gasteiger partial charge in [-0.25, -0.2) is 15.0 Å². The molecular weight excluding hydrogens is 736 g/mol. The van der Waals surface area contributed by atoms with Crippen molar-refractivity contribution < 1.29 is 23.5 Å². The number of aromatic nitrogens is 4. The van der Waals surface area contributed by atoms with E-state index >= 15 is 0 Å². The van der Waals surface area contributed by atoms with Crippen LogP contribution in [0.2, 0.25) is 0 Å². The summed E-state index contributed by atoms with van der Waals surface area (Å²) in [6.45, 7) is 11.9. The minimum Gasteiger partial charge on any atom is -0.497 e. The number of imidazole rings is 1. The van der Waals surface area contributed by atoms with Gasteiger partial charge in [-0.15, -0.1) is 0 Å². The molecule has 11 nitrogen and oxygen atoms in total. The number of hydrogen-bond acceptors (Lipinski definition) is 10. The van der Waals surface area contributed by atoms with Gasteiger partial charge in [0.25, 0.3) is 0 Å². The standard InChI is InChI=1S/C45H53N6O5P/c1-31(2)51(32(3)4)57(7)56-39-26-41(50-30-49-42-43(47-29-48-44(42)50)46-27-33-14-10-8-11-15-33)55-40(39)28-54-45(34-16-12-9-13-17-34,35-18-22-37(52-5)23-19-35)36-20-24-38(53-6)25-21-36/h8-25,29-32,39-41H,26-28H2,1-7H3,(H,46,47,48)/t39-,40+,41+,57?/m0/s1. The van der Waals surface area contributed by atoms with Crippen LogP contribution in [0.1, 0.15) is 62.6 Å². The lowest BCUT2D eigenvalue weighted by molar-refractivity contribution is -0.0899. The molecule has 1 aliphatic heterocycles. The molecule has 12 heteroatoms. The molecule has 1 fully saturated rings. The molecule has 0 spiro atoms. The van der Waals surface area contributed by atoms with Crippen LogP contribution in [0.15, 0.2) is 122 Å². The lowest BCUT2D eigenvalue weighted by Crippen LogP contribution is -2.39.